The fraction of sp³-hybridized carbons (Fsp3) is 0.375. The van der Waals surface area contributed by atoms with Crippen molar-refractivity contribution < 1.29 is 22.7 Å². The third-order valence-electron chi connectivity index (χ3n) is 7.78. The average Bonchev–Trinajstić information content (AvgIpc) is 3.50. The molecule has 1 N–H and O–H groups in total. The van der Waals surface area contributed by atoms with Gasteiger partial charge in [0.05, 0.1) is 17.7 Å². The fourth-order valence-corrected chi connectivity index (χ4v) is 7.45. The van der Waals surface area contributed by atoms with E-state index in [1.165, 1.54) is 36.3 Å². The second kappa shape index (κ2) is 14.9. The van der Waals surface area contributed by atoms with Gasteiger partial charge in [0.2, 0.25) is 11.8 Å². The van der Waals surface area contributed by atoms with Gasteiger partial charge in [0, 0.05) is 33.2 Å². The third-order valence-corrected chi connectivity index (χ3v) is 10.5. The van der Waals surface area contributed by atoms with Crippen LogP contribution in [0.15, 0.2) is 65.6 Å². The molecule has 0 aromatic heterocycles. The van der Waals surface area contributed by atoms with Crippen molar-refractivity contribution in [2.45, 2.75) is 69.5 Å². The zero-order valence-corrected chi connectivity index (χ0v) is 27.9. The van der Waals surface area contributed by atoms with E-state index in [9.17, 15) is 18.0 Å². The van der Waals surface area contributed by atoms with Crippen LogP contribution in [0.25, 0.3) is 0 Å². The molecule has 2 amide bonds. The normalized spacial score (nSPS) is 14.2. The number of amides is 2. The summed E-state index contributed by atoms with van der Waals surface area (Å²) in [5, 5.41) is 3.98. The lowest BCUT2D eigenvalue weighted by Crippen LogP contribution is -2.53. The number of rotatable bonds is 12. The highest BCUT2D eigenvalue weighted by Gasteiger charge is 2.36. The Hall–Kier alpha value is -2.98. The molecule has 1 aliphatic carbocycles. The van der Waals surface area contributed by atoms with Crippen molar-refractivity contribution in [3.8, 4) is 5.75 Å². The summed E-state index contributed by atoms with van der Waals surface area (Å²) in [4.78, 5) is 29.4. The Morgan fingerprint density at radius 1 is 1.00 bits per heavy atom. The molecule has 1 aliphatic rings. The van der Waals surface area contributed by atoms with Crippen LogP contribution in [0.3, 0.4) is 0 Å². The van der Waals surface area contributed by atoms with Crippen LogP contribution in [0.4, 0.5) is 5.69 Å². The lowest BCUT2D eigenvalue weighted by molar-refractivity contribution is -0.140. The Morgan fingerprint density at radius 2 is 1.64 bits per heavy atom. The number of nitrogens with zero attached hydrogens (tertiary/aromatic N) is 2. The molecule has 0 aliphatic heterocycles. The van der Waals surface area contributed by atoms with Gasteiger partial charge >= 0.3 is 0 Å². The first-order valence-electron chi connectivity index (χ1n) is 14.4. The molecule has 1 fully saturated rings. The lowest BCUT2D eigenvalue weighted by Gasteiger charge is -2.34. The van der Waals surface area contributed by atoms with Crippen molar-refractivity contribution in [1.29, 1.82) is 0 Å². The first-order valence-corrected chi connectivity index (χ1v) is 17.0. The summed E-state index contributed by atoms with van der Waals surface area (Å²) >= 11 is 19.3. The summed E-state index contributed by atoms with van der Waals surface area (Å²) in [5.41, 5.74) is 1.39. The Bertz CT molecular complexity index is 1570. The third kappa shape index (κ3) is 7.80. The molecule has 1 atom stereocenters. The molecule has 0 unspecified atom stereocenters. The van der Waals surface area contributed by atoms with Crippen LogP contribution < -0.4 is 14.4 Å². The number of carbonyl (C=O) groups is 2. The maximum Gasteiger partial charge on any atom is 0.264 e. The number of hydrogen-bond acceptors (Lipinski definition) is 5. The van der Waals surface area contributed by atoms with Gasteiger partial charge in [-0.2, -0.15) is 0 Å². The SMILES string of the molecule is CC[C@H](C(=O)NC1CCCC1)N(Cc1c(Cl)cccc1Cl)C(=O)CN(c1cc(Cl)ccc1OC)S(=O)(=O)c1ccc(C)cc1. The zero-order chi connectivity index (χ0) is 32.0. The number of hydrogen-bond donors (Lipinski definition) is 1. The van der Waals surface area contributed by atoms with Crippen molar-refractivity contribution in [1.82, 2.24) is 10.2 Å². The number of carbonyl (C=O) groups excluding carboxylic acids is 2. The summed E-state index contributed by atoms with van der Waals surface area (Å²) in [6.07, 6.45) is 4.05. The number of ether oxygens (including phenoxy) is 1. The summed E-state index contributed by atoms with van der Waals surface area (Å²) < 4.78 is 34.8. The van der Waals surface area contributed by atoms with Gasteiger partial charge in [0.25, 0.3) is 10.0 Å². The molecule has 3 aromatic rings. The molecule has 8 nitrogen and oxygen atoms in total. The lowest BCUT2D eigenvalue weighted by atomic mass is 10.1. The van der Waals surface area contributed by atoms with Crippen molar-refractivity contribution in [3.05, 3.63) is 86.9 Å². The minimum Gasteiger partial charge on any atom is -0.495 e. The van der Waals surface area contributed by atoms with Gasteiger partial charge in [-0.1, -0.05) is 78.3 Å². The van der Waals surface area contributed by atoms with Crippen LogP contribution in [-0.2, 0) is 26.2 Å². The van der Waals surface area contributed by atoms with Crippen LogP contribution in [0, 0.1) is 6.92 Å². The smallest absolute Gasteiger partial charge is 0.264 e. The molecule has 0 spiro atoms. The molecular formula is C32H36Cl3N3O5S. The van der Waals surface area contributed by atoms with E-state index in [1.54, 1.807) is 43.3 Å². The first kappa shape index (κ1) is 33.9. The van der Waals surface area contributed by atoms with Gasteiger partial charge in [0.15, 0.2) is 0 Å². The van der Waals surface area contributed by atoms with E-state index in [2.05, 4.69) is 5.32 Å². The summed E-state index contributed by atoms with van der Waals surface area (Å²) in [6, 6.07) is 14.9. The molecular weight excluding hydrogens is 645 g/mol. The molecule has 44 heavy (non-hydrogen) atoms. The monoisotopic (exact) mass is 679 g/mol. The average molecular weight is 681 g/mol. The van der Waals surface area contributed by atoms with E-state index in [4.69, 9.17) is 39.5 Å². The fourth-order valence-electron chi connectivity index (χ4n) is 5.35. The number of halogens is 3. The van der Waals surface area contributed by atoms with E-state index >= 15 is 0 Å². The molecule has 12 heteroatoms. The summed E-state index contributed by atoms with van der Waals surface area (Å²) in [7, 11) is -2.91. The summed E-state index contributed by atoms with van der Waals surface area (Å²) in [5.74, 6) is -0.749. The first-order chi connectivity index (χ1) is 21.0. The molecule has 0 radical (unpaired) electrons. The number of sulfonamides is 1. The Morgan fingerprint density at radius 3 is 2.23 bits per heavy atom. The Kier molecular flexibility index (Phi) is 11.5. The number of benzene rings is 3. The minimum absolute atomic E-state index is 0.0199. The molecule has 236 valence electrons. The minimum atomic E-state index is -4.31. The number of methoxy groups -OCH3 is 1. The zero-order valence-electron chi connectivity index (χ0n) is 24.9. The number of aryl methyl sites for hydroxylation is 1. The van der Waals surface area contributed by atoms with Crippen molar-refractivity contribution in [2.75, 3.05) is 18.0 Å². The van der Waals surface area contributed by atoms with E-state index in [0.29, 0.717) is 15.6 Å². The Balaban J connectivity index is 1.80. The van der Waals surface area contributed by atoms with Crippen molar-refractivity contribution >= 4 is 62.3 Å². The molecule has 0 bridgehead atoms. The highest BCUT2D eigenvalue weighted by Crippen LogP contribution is 2.35. The summed E-state index contributed by atoms with van der Waals surface area (Å²) in [6.45, 7) is 2.88. The highest BCUT2D eigenvalue weighted by atomic mass is 35.5. The molecule has 3 aromatic carbocycles. The molecule has 0 saturated heterocycles. The molecule has 4 rings (SSSR count). The van der Waals surface area contributed by atoms with Gasteiger partial charge in [-0.3, -0.25) is 13.9 Å². The highest BCUT2D eigenvalue weighted by molar-refractivity contribution is 7.92. The standard InChI is InChI=1S/C32H36Cl3N3O5S/c1-4-28(32(40)36-23-8-5-6-9-23)37(19-25-26(34)10-7-11-27(25)35)31(39)20-38(29-18-22(33)14-17-30(29)43-3)44(41,42)24-15-12-21(2)13-16-24/h7,10-18,23,28H,4-6,8-9,19-20H2,1-3H3,(H,36,40)/t28-/m1/s1. The maximum atomic E-state index is 14.4. The van der Waals surface area contributed by atoms with Crippen LogP contribution >= 0.6 is 34.8 Å². The second-order valence-corrected chi connectivity index (χ2v) is 13.9. The van der Waals surface area contributed by atoms with E-state index < -0.39 is 28.5 Å². The maximum absolute atomic E-state index is 14.4. The van der Waals surface area contributed by atoms with Gasteiger partial charge in [-0.05, 0) is 68.7 Å². The quantitative estimate of drug-likeness (QED) is 0.222. The van der Waals surface area contributed by atoms with Gasteiger partial charge in [-0.25, -0.2) is 8.42 Å². The predicted molar refractivity (Wildman–Crippen MR) is 175 cm³/mol. The van der Waals surface area contributed by atoms with Crippen LogP contribution in [-0.4, -0.2) is 50.9 Å². The molecule has 1 saturated carbocycles. The Labute approximate surface area is 274 Å². The van der Waals surface area contributed by atoms with Crippen molar-refractivity contribution in [2.24, 2.45) is 0 Å². The second-order valence-electron chi connectivity index (χ2n) is 10.8. The van der Waals surface area contributed by atoms with Crippen LogP contribution in [0.1, 0.15) is 50.2 Å². The van der Waals surface area contributed by atoms with Gasteiger partial charge in [0.1, 0.15) is 18.3 Å². The predicted octanol–water partition coefficient (Wildman–Crippen LogP) is 7.03. The number of anilines is 1. The number of nitrogens with one attached hydrogen (secondary N) is 1. The van der Waals surface area contributed by atoms with E-state index in [-0.39, 0.29) is 46.3 Å². The van der Waals surface area contributed by atoms with E-state index in [0.717, 1.165) is 35.6 Å². The van der Waals surface area contributed by atoms with Crippen LogP contribution in [0.5, 0.6) is 5.75 Å². The van der Waals surface area contributed by atoms with E-state index in [1.807, 2.05) is 6.92 Å². The van der Waals surface area contributed by atoms with Crippen LogP contribution in [0.2, 0.25) is 15.1 Å². The largest absolute Gasteiger partial charge is 0.495 e. The van der Waals surface area contributed by atoms with Gasteiger partial charge < -0.3 is 15.0 Å². The molecule has 0 heterocycles. The van der Waals surface area contributed by atoms with Gasteiger partial charge in [-0.15, -0.1) is 0 Å². The van der Waals surface area contributed by atoms with Crippen molar-refractivity contribution in [3.63, 3.8) is 0 Å². The topological polar surface area (TPSA) is 96.0 Å².